The van der Waals surface area contributed by atoms with Crippen LogP contribution in [0.15, 0.2) is 47.1 Å². The van der Waals surface area contributed by atoms with Gasteiger partial charge in [0.2, 0.25) is 0 Å². The van der Waals surface area contributed by atoms with Crippen molar-refractivity contribution in [1.82, 2.24) is 4.90 Å². The van der Waals surface area contributed by atoms with Gasteiger partial charge >= 0.3 is 0 Å². The summed E-state index contributed by atoms with van der Waals surface area (Å²) in [6, 6.07) is 12.2. The molecule has 2 aromatic rings. The van der Waals surface area contributed by atoms with Crippen LogP contribution in [0.4, 0.5) is 11.4 Å². The number of piperazine rings is 1. The van der Waals surface area contributed by atoms with E-state index in [1.165, 1.54) is 5.69 Å². The molecule has 0 unspecified atom stereocenters. The minimum atomic E-state index is 0.829. The van der Waals surface area contributed by atoms with Crippen molar-refractivity contribution in [2.24, 2.45) is 0 Å². The Bertz CT molecular complexity index is 528. The highest BCUT2D eigenvalue weighted by atomic mass is 16.3. The van der Waals surface area contributed by atoms with Gasteiger partial charge in [0.1, 0.15) is 5.76 Å². The number of rotatable bonds is 5. The van der Waals surface area contributed by atoms with Gasteiger partial charge in [0.25, 0.3) is 0 Å². The summed E-state index contributed by atoms with van der Waals surface area (Å²) in [5, 5.41) is 0. The molecule has 0 radical (unpaired) electrons. The first-order valence-corrected chi connectivity index (χ1v) is 7.66. The van der Waals surface area contributed by atoms with E-state index in [-0.39, 0.29) is 0 Å². The molecule has 1 saturated heterocycles. The molecular weight excluding hydrogens is 262 g/mol. The van der Waals surface area contributed by atoms with Crippen molar-refractivity contribution in [2.45, 2.75) is 12.8 Å². The standard InChI is InChI=1S/C17H23N3O/c18-15-5-7-16(8-6-15)20-12-10-19(11-13-20)9-1-3-17-4-2-14-21-17/h2,4-8,14H,1,3,9-13,18H2. The van der Waals surface area contributed by atoms with E-state index in [1.54, 1.807) is 6.26 Å². The quantitative estimate of drug-likeness (QED) is 0.858. The first-order valence-electron chi connectivity index (χ1n) is 7.66. The van der Waals surface area contributed by atoms with Crippen LogP contribution in [-0.4, -0.2) is 37.6 Å². The number of anilines is 2. The Hall–Kier alpha value is -1.94. The Morgan fingerprint density at radius 2 is 1.76 bits per heavy atom. The van der Waals surface area contributed by atoms with Crippen LogP contribution in [0.5, 0.6) is 0 Å². The molecule has 1 fully saturated rings. The van der Waals surface area contributed by atoms with Gasteiger partial charge in [0, 0.05) is 44.0 Å². The molecule has 2 heterocycles. The van der Waals surface area contributed by atoms with Gasteiger partial charge < -0.3 is 15.1 Å². The van der Waals surface area contributed by atoms with Gasteiger partial charge in [-0.2, -0.15) is 0 Å². The lowest BCUT2D eigenvalue weighted by Crippen LogP contribution is -2.46. The normalized spacial score (nSPS) is 16.3. The van der Waals surface area contributed by atoms with Crippen LogP contribution in [0, 0.1) is 0 Å². The number of aryl methyl sites for hydroxylation is 1. The molecule has 0 aliphatic carbocycles. The van der Waals surface area contributed by atoms with Crippen LogP contribution in [0.25, 0.3) is 0 Å². The lowest BCUT2D eigenvalue weighted by atomic mass is 10.2. The molecule has 0 amide bonds. The minimum Gasteiger partial charge on any atom is -0.469 e. The van der Waals surface area contributed by atoms with Crippen LogP contribution in [0.2, 0.25) is 0 Å². The van der Waals surface area contributed by atoms with Gasteiger partial charge in [0.05, 0.1) is 6.26 Å². The van der Waals surface area contributed by atoms with Gasteiger partial charge in [-0.1, -0.05) is 0 Å². The smallest absolute Gasteiger partial charge is 0.103 e. The lowest BCUT2D eigenvalue weighted by Gasteiger charge is -2.36. The third kappa shape index (κ3) is 3.79. The molecule has 3 rings (SSSR count). The topological polar surface area (TPSA) is 45.6 Å². The highest BCUT2D eigenvalue weighted by Crippen LogP contribution is 2.18. The SMILES string of the molecule is Nc1ccc(N2CCN(CCCc3ccco3)CC2)cc1. The summed E-state index contributed by atoms with van der Waals surface area (Å²) >= 11 is 0. The fourth-order valence-corrected chi connectivity index (χ4v) is 2.85. The Morgan fingerprint density at radius 3 is 2.43 bits per heavy atom. The van der Waals surface area contributed by atoms with Crippen molar-refractivity contribution in [1.29, 1.82) is 0 Å². The zero-order valence-electron chi connectivity index (χ0n) is 12.4. The Labute approximate surface area is 126 Å². The van der Waals surface area contributed by atoms with E-state index < -0.39 is 0 Å². The second kappa shape index (κ2) is 6.68. The highest BCUT2D eigenvalue weighted by molar-refractivity contribution is 5.53. The predicted octanol–water partition coefficient (Wildman–Crippen LogP) is 2.62. The second-order valence-corrected chi connectivity index (χ2v) is 5.60. The first kappa shape index (κ1) is 14.0. The Balaban J connectivity index is 1.41. The van der Waals surface area contributed by atoms with E-state index in [0.29, 0.717) is 0 Å². The van der Waals surface area contributed by atoms with E-state index in [2.05, 4.69) is 28.0 Å². The molecule has 112 valence electrons. The molecule has 0 atom stereocenters. The van der Waals surface area contributed by atoms with E-state index in [1.807, 2.05) is 18.2 Å². The molecule has 1 aliphatic heterocycles. The highest BCUT2D eigenvalue weighted by Gasteiger charge is 2.16. The number of nitrogens with zero attached hydrogens (tertiary/aromatic N) is 2. The molecule has 1 aromatic heterocycles. The van der Waals surface area contributed by atoms with Crippen LogP contribution in [-0.2, 0) is 6.42 Å². The number of hydrogen-bond donors (Lipinski definition) is 1. The molecule has 1 aromatic carbocycles. The van der Waals surface area contributed by atoms with Gasteiger partial charge in [0.15, 0.2) is 0 Å². The number of benzene rings is 1. The van der Waals surface area contributed by atoms with Crippen molar-refractivity contribution in [2.75, 3.05) is 43.4 Å². The maximum atomic E-state index is 5.74. The molecule has 21 heavy (non-hydrogen) atoms. The molecule has 4 nitrogen and oxygen atoms in total. The summed E-state index contributed by atoms with van der Waals surface area (Å²) in [6.07, 6.45) is 3.95. The Kier molecular flexibility index (Phi) is 4.46. The molecule has 0 spiro atoms. The van der Waals surface area contributed by atoms with Crippen molar-refractivity contribution >= 4 is 11.4 Å². The molecular formula is C17H23N3O. The van der Waals surface area contributed by atoms with Crippen LogP contribution < -0.4 is 10.6 Å². The second-order valence-electron chi connectivity index (χ2n) is 5.60. The molecule has 0 bridgehead atoms. The van der Waals surface area contributed by atoms with Crippen molar-refractivity contribution in [3.63, 3.8) is 0 Å². The van der Waals surface area contributed by atoms with Crippen LogP contribution in [0.1, 0.15) is 12.2 Å². The van der Waals surface area contributed by atoms with Crippen molar-refractivity contribution < 1.29 is 4.42 Å². The zero-order valence-corrected chi connectivity index (χ0v) is 12.4. The van der Waals surface area contributed by atoms with E-state index >= 15 is 0 Å². The summed E-state index contributed by atoms with van der Waals surface area (Å²) in [4.78, 5) is 4.97. The molecule has 0 saturated carbocycles. The van der Waals surface area contributed by atoms with Crippen molar-refractivity contribution in [3.05, 3.63) is 48.4 Å². The number of nitrogens with two attached hydrogens (primary N) is 1. The van der Waals surface area contributed by atoms with Gasteiger partial charge in [-0.3, -0.25) is 4.90 Å². The fraction of sp³-hybridized carbons (Fsp3) is 0.412. The maximum absolute atomic E-state index is 5.74. The van der Waals surface area contributed by atoms with Gasteiger partial charge in [-0.15, -0.1) is 0 Å². The number of hydrogen-bond acceptors (Lipinski definition) is 4. The maximum Gasteiger partial charge on any atom is 0.103 e. The monoisotopic (exact) mass is 285 g/mol. The summed E-state index contributed by atoms with van der Waals surface area (Å²) in [5.74, 6) is 1.09. The van der Waals surface area contributed by atoms with E-state index in [0.717, 1.165) is 57.0 Å². The Morgan fingerprint density at radius 1 is 1.00 bits per heavy atom. The largest absolute Gasteiger partial charge is 0.469 e. The minimum absolute atomic E-state index is 0.829. The number of nitrogen functional groups attached to an aromatic ring is 1. The van der Waals surface area contributed by atoms with E-state index in [9.17, 15) is 0 Å². The third-order valence-electron chi connectivity index (χ3n) is 4.11. The summed E-state index contributed by atoms with van der Waals surface area (Å²) in [7, 11) is 0. The molecule has 2 N–H and O–H groups in total. The first-order chi connectivity index (χ1) is 10.3. The van der Waals surface area contributed by atoms with Gasteiger partial charge in [-0.25, -0.2) is 0 Å². The summed E-state index contributed by atoms with van der Waals surface area (Å²) < 4.78 is 5.37. The molecule has 1 aliphatic rings. The van der Waals surface area contributed by atoms with Gasteiger partial charge in [-0.05, 0) is 49.4 Å². The van der Waals surface area contributed by atoms with Crippen LogP contribution >= 0.6 is 0 Å². The average Bonchev–Trinajstić information content (AvgIpc) is 3.02. The lowest BCUT2D eigenvalue weighted by molar-refractivity contribution is 0.253. The number of furan rings is 1. The average molecular weight is 285 g/mol. The predicted molar refractivity (Wildman–Crippen MR) is 86.5 cm³/mol. The zero-order chi connectivity index (χ0) is 14.5. The third-order valence-corrected chi connectivity index (χ3v) is 4.11. The molecule has 4 heteroatoms. The summed E-state index contributed by atoms with van der Waals surface area (Å²) in [6.45, 7) is 5.58. The van der Waals surface area contributed by atoms with Crippen molar-refractivity contribution in [3.8, 4) is 0 Å². The van der Waals surface area contributed by atoms with Crippen LogP contribution in [0.3, 0.4) is 0 Å². The van der Waals surface area contributed by atoms with E-state index in [4.69, 9.17) is 10.2 Å². The fourth-order valence-electron chi connectivity index (χ4n) is 2.85. The summed E-state index contributed by atoms with van der Waals surface area (Å²) in [5.41, 5.74) is 7.85.